The molecule has 0 bridgehead atoms. The summed E-state index contributed by atoms with van der Waals surface area (Å²) >= 11 is 0. The van der Waals surface area contributed by atoms with Crippen molar-refractivity contribution in [1.82, 2.24) is 9.97 Å². The monoisotopic (exact) mass is 491 g/mol. The predicted molar refractivity (Wildman–Crippen MR) is 123 cm³/mol. The van der Waals surface area contributed by atoms with Gasteiger partial charge >= 0.3 is 12.1 Å². The zero-order valence-electron chi connectivity index (χ0n) is 19.9. The van der Waals surface area contributed by atoms with Gasteiger partial charge in [0.1, 0.15) is 11.7 Å². The van der Waals surface area contributed by atoms with Crippen LogP contribution in [0.3, 0.4) is 0 Å². The van der Waals surface area contributed by atoms with Crippen LogP contribution in [-0.4, -0.2) is 54.0 Å². The molecule has 0 aliphatic carbocycles. The van der Waals surface area contributed by atoms with Crippen molar-refractivity contribution in [3.63, 3.8) is 0 Å². The van der Waals surface area contributed by atoms with Crippen LogP contribution in [-0.2, 0) is 22.4 Å². The molecule has 0 fully saturated rings. The van der Waals surface area contributed by atoms with E-state index in [0.717, 1.165) is 0 Å². The molecule has 1 aliphatic rings. The Morgan fingerprint density at radius 3 is 2.31 bits per heavy atom. The summed E-state index contributed by atoms with van der Waals surface area (Å²) in [7, 11) is 0. The average molecular weight is 492 g/mol. The van der Waals surface area contributed by atoms with E-state index in [0.29, 0.717) is 25.9 Å². The summed E-state index contributed by atoms with van der Waals surface area (Å²) in [4.78, 5) is 22.2. The van der Waals surface area contributed by atoms with Gasteiger partial charge in [-0.1, -0.05) is 24.3 Å². The van der Waals surface area contributed by atoms with Crippen LogP contribution in [0.2, 0.25) is 0 Å². The van der Waals surface area contributed by atoms with Crippen LogP contribution >= 0.6 is 0 Å². The first kappa shape index (κ1) is 26.1. The Labute approximate surface area is 202 Å². The predicted octanol–water partition coefficient (Wildman–Crippen LogP) is 4.04. The second-order valence-electron chi connectivity index (χ2n) is 9.09. The fourth-order valence-electron chi connectivity index (χ4n) is 3.64. The molecule has 11 heteroatoms. The quantitative estimate of drug-likeness (QED) is 0.580. The van der Waals surface area contributed by atoms with Crippen LogP contribution < -0.4 is 15.0 Å². The van der Waals surface area contributed by atoms with Crippen LogP contribution in [0.15, 0.2) is 24.3 Å². The summed E-state index contributed by atoms with van der Waals surface area (Å²) in [5, 5.41) is 12.6. The van der Waals surface area contributed by atoms with Crippen molar-refractivity contribution in [2.45, 2.75) is 51.8 Å². The topological polar surface area (TPSA) is 100 Å². The zero-order chi connectivity index (χ0) is 25.6. The van der Waals surface area contributed by atoms with E-state index in [1.54, 1.807) is 20.8 Å². The normalized spacial score (nSPS) is 13.9. The van der Waals surface area contributed by atoms with Crippen LogP contribution in [0, 0.1) is 11.3 Å². The van der Waals surface area contributed by atoms with Gasteiger partial charge in [0.25, 0.3) is 0 Å². The lowest BCUT2D eigenvalue weighted by molar-refractivity contribution is -0.155. The molecule has 3 rings (SSSR count). The minimum Gasteiger partial charge on any atom is -0.467 e. The third kappa shape index (κ3) is 7.73. The van der Waals surface area contributed by atoms with Crippen molar-refractivity contribution in [2.75, 3.05) is 36.5 Å². The molecule has 0 unspecified atom stereocenters. The number of nitrogens with zero attached hydrogens (tertiary/aromatic N) is 4. The number of esters is 1. The number of carbonyl (C=O) groups excluding carboxylic acids is 1. The van der Waals surface area contributed by atoms with E-state index in [9.17, 15) is 23.2 Å². The van der Waals surface area contributed by atoms with Gasteiger partial charge in [-0.3, -0.25) is 4.79 Å². The average Bonchev–Trinajstić information content (AvgIpc) is 2.98. The van der Waals surface area contributed by atoms with Gasteiger partial charge in [-0.2, -0.15) is 28.4 Å². The molecule has 0 radical (unpaired) electrons. The number of fused-ring (bicyclic) bond motifs is 1. The first-order valence-electron chi connectivity index (χ1n) is 11.2. The number of benzene rings is 1. The number of nitrogens with one attached hydrogen (secondary N) is 1. The number of hydrogen-bond acceptors (Lipinski definition) is 8. The molecule has 0 spiro atoms. The molecule has 1 aromatic heterocycles. The molecule has 0 atom stereocenters. The SMILES string of the molecule is CC(C)(C)OC(=O)CCNc1nc(OCC(F)(F)F)c(C#N)c(N2CCc3ccccc3CC2)n1. The Hall–Kier alpha value is -3.55. The Bertz CT molecular complexity index is 1070. The van der Waals surface area contributed by atoms with Crippen molar-refractivity contribution in [3.8, 4) is 11.9 Å². The second kappa shape index (κ2) is 10.8. The maximum atomic E-state index is 12.8. The Morgan fingerprint density at radius 1 is 1.14 bits per heavy atom. The summed E-state index contributed by atoms with van der Waals surface area (Å²) in [5.41, 5.74) is 1.54. The maximum absolute atomic E-state index is 12.8. The highest BCUT2D eigenvalue weighted by molar-refractivity contribution is 5.70. The number of anilines is 2. The van der Waals surface area contributed by atoms with Gasteiger partial charge < -0.3 is 19.7 Å². The Balaban J connectivity index is 1.85. The number of alkyl halides is 3. The molecular formula is C24H28F3N5O3. The molecule has 2 heterocycles. The fourth-order valence-corrected chi connectivity index (χ4v) is 3.64. The van der Waals surface area contributed by atoms with Crippen LogP contribution in [0.4, 0.5) is 24.9 Å². The lowest BCUT2D eigenvalue weighted by Crippen LogP contribution is -2.29. The summed E-state index contributed by atoms with van der Waals surface area (Å²) in [6.45, 7) is 4.76. The molecule has 2 aromatic rings. The highest BCUT2D eigenvalue weighted by Gasteiger charge is 2.31. The van der Waals surface area contributed by atoms with E-state index in [4.69, 9.17) is 9.47 Å². The molecule has 1 aliphatic heterocycles. The van der Waals surface area contributed by atoms with E-state index in [1.165, 1.54) is 11.1 Å². The van der Waals surface area contributed by atoms with Crippen LogP contribution in [0.5, 0.6) is 5.88 Å². The molecule has 188 valence electrons. The number of hydrogen-bond donors (Lipinski definition) is 1. The number of rotatable bonds is 7. The molecule has 35 heavy (non-hydrogen) atoms. The first-order valence-corrected chi connectivity index (χ1v) is 11.2. The summed E-state index contributed by atoms with van der Waals surface area (Å²) in [5.74, 6) is -0.761. The van der Waals surface area contributed by atoms with E-state index >= 15 is 0 Å². The molecular weight excluding hydrogens is 463 g/mol. The largest absolute Gasteiger partial charge is 0.467 e. The van der Waals surface area contributed by atoms with Crippen molar-refractivity contribution in [1.29, 1.82) is 5.26 Å². The lowest BCUT2D eigenvalue weighted by Gasteiger charge is -2.24. The molecule has 0 saturated carbocycles. The van der Waals surface area contributed by atoms with Crippen molar-refractivity contribution < 1.29 is 27.4 Å². The number of nitriles is 1. The van der Waals surface area contributed by atoms with Gasteiger partial charge in [0.15, 0.2) is 18.0 Å². The summed E-state index contributed by atoms with van der Waals surface area (Å²) in [6.07, 6.45) is -3.24. The fraction of sp³-hybridized carbons (Fsp3) is 0.500. The van der Waals surface area contributed by atoms with Gasteiger partial charge in [0.2, 0.25) is 11.8 Å². The van der Waals surface area contributed by atoms with Crippen molar-refractivity contribution in [3.05, 3.63) is 41.0 Å². The Morgan fingerprint density at radius 2 is 1.77 bits per heavy atom. The van der Waals surface area contributed by atoms with E-state index in [1.807, 2.05) is 35.2 Å². The van der Waals surface area contributed by atoms with Crippen LogP contribution in [0.1, 0.15) is 43.9 Å². The Kier molecular flexibility index (Phi) is 8.04. The number of carbonyl (C=O) groups is 1. The van der Waals surface area contributed by atoms with Gasteiger partial charge in [-0.25, -0.2) is 0 Å². The highest BCUT2D eigenvalue weighted by atomic mass is 19.4. The third-order valence-corrected chi connectivity index (χ3v) is 5.09. The first-order chi connectivity index (χ1) is 16.4. The standard InChI is InChI=1S/C24H28F3N5O3/c1-23(2,3)35-19(33)8-11-29-22-30-20(18(14-28)21(31-22)34-15-24(25,26)27)32-12-9-16-6-4-5-7-17(16)10-13-32/h4-7H,8-13,15H2,1-3H3,(H,29,30,31). The minimum atomic E-state index is -4.60. The van der Waals surface area contributed by atoms with Crippen molar-refractivity contribution >= 4 is 17.7 Å². The lowest BCUT2D eigenvalue weighted by atomic mass is 10.0. The highest BCUT2D eigenvalue weighted by Crippen LogP contribution is 2.30. The molecule has 1 aromatic carbocycles. The van der Waals surface area contributed by atoms with Crippen LogP contribution in [0.25, 0.3) is 0 Å². The van der Waals surface area contributed by atoms with Crippen molar-refractivity contribution in [2.24, 2.45) is 0 Å². The van der Waals surface area contributed by atoms with Gasteiger partial charge in [0, 0.05) is 19.6 Å². The maximum Gasteiger partial charge on any atom is 0.422 e. The molecule has 1 N–H and O–H groups in total. The molecule has 8 nitrogen and oxygen atoms in total. The van der Waals surface area contributed by atoms with Gasteiger partial charge in [-0.15, -0.1) is 0 Å². The second-order valence-corrected chi connectivity index (χ2v) is 9.09. The van der Waals surface area contributed by atoms with E-state index < -0.39 is 30.2 Å². The summed E-state index contributed by atoms with van der Waals surface area (Å²) in [6, 6.07) is 9.88. The van der Waals surface area contributed by atoms with E-state index in [2.05, 4.69) is 15.3 Å². The molecule has 0 amide bonds. The number of ether oxygens (including phenoxy) is 2. The molecule has 0 saturated heterocycles. The van der Waals surface area contributed by atoms with Gasteiger partial charge in [0.05, 0.1) is 6.42 Å². The smallest absolute Gasteiger partial charge is 0.422 e. The number of halogens is 3. The summed E-state index contributed by atoms with van der Waals surface area (Å²) < 4.78 is 48.7. The third-order valence-electron chi connectivity index (χ3n) is 5.09. The van der Waals surface area contributed by atoms with Gasteiger partial charge in [-0.05, 0) is 44.7 Å². The van der Waals surface area contributed by atoms with E-state index in [-0.39, 0.29) is 30.3 Å². The minimum absolute atomic E-state index is 0.00622. The number of aromatic nitrogens is 2. The zero-order valence-corrected chi connectivity index (χ0v) is 19.9.